The van der Waals surface area contributed by atoms with Crippen molar-refractivity contribution in [1.29, 1.82) is 0 Å². The van der Waals surface area contributed by atoms with Crippen molar-refractivity contribution in [3.63, 3.8) is 0 Å². The number of hydrogen-bond acceptors (Lipinski definition) is 10. The maximum Gasteiger partial charge on any atom is 0.326 e. The van der Waals surface area contributed by atoms with Gasteiger partial charge in [-0.05, 0) is 18.2 Å². The Labute approximate surface area is 273 Å². The molecule has 2 aromatic heterocycles. The second-order valence-corrected chi connectivity index (χ2v) is 10.9. The van der Waals surface area contributed by atoms with E-state index < -0.39 is 42.5 Å². The van der Waals surface area contributed by atoms with Crippen LogP contribution < -0.4 is 15.0 Å². The first-order chi connectivity index (χ1) is 23.3. The average Bonchev–Trinajstić information content (AvgIpc) is 3.71. The topological polar surface area (TPSA) is 178 Å². The summed E-state index contributed by atoms with van der Waals surface area (Å²) in [4.78, 5) is 58.3. The number of carbonyl (C=O) groups is 4. The van der Waals surface area contributed by atoms with Crippen molar-refractivity contribution < 1.29 is 38.2 Å². The van der Waals surface area contributed by atoms with Crippen molar-refractivity contribution in [2.75, 3.05) is 25.7 Å². The number of aliphatic carboxylic acids is 1. The molecule has 14 heteroatoms. The van der Waals surface area contributed by atoms with E-state index in [1.807, 2.05) is 30.3 Å². The first-order valence-corrected chi connectivity index (χ1v) is 14.8. The minimum Gasteiger partial charge on any atom is -0.497 e. The molecule has 0 fully saturated rings. The standard InChI is InChI=1S/C34H30N6O8/c1-46-23-12-13-24-21(19-48-28(24)16-23)14-29(41)36-26(34(44)45)15-22-17-35-38-40(22)32-33(43)39(18-30(42)47-2)27-11-7-6-10-25(27)31(37-32)20-8-4-3-5-9-20/h3-13,16-17,19,26,32H,14-15,18H2,1-2H3,(H,36,41)(H,44,45)/t26-,32?/m1/s1. The number of nitrogens with one attached hydrogen (secondary N) is 1. The summed E-state index contributed by atoms with van der Waals surface area (Å²) < 4.78 is 16.9. The molecule has 0 saturated heterocycles. The number of carbonyl (C=O) groups excluding carboxylic acids is 3. The number of nitrogens with zero attached hydrogens (tertiary/aromatic N) is 5. The van der Waals surface area contributed by atoms with Crippen LogP contribution in [0.1, 0.15) is 28.6 Å². The molecule has 2 amide bonds. The minimum absolute atomic E-state index is 0.146. The third kappa shape index (κ3) is 6.35. The Bertz CT molecular complexity index is 2040. The zero-order valence-electron chi connectivity index (χ0n) is 25.9. The van der Waals surface area contributed by atoms with E-state index >= 15 is 0 Å². The average molecular weight is 651 g/mol. The number of aromatic nitrogens is 3. The molecular formula is C34H30N6O8. The fourth-order valence-corrected chi connectivity index (χ4v) is 5.53. The van der Waals surface area contributed by atoms with Crippen molar-refractivity contribution in [3.05, 3.63) is 108 Å². The van der Waals surface area contributed by atoms with Crippen molar-refractivity contribution >= 4 is 46.1 Å². The molecule has 1 aliphatic heterocycles. The fourth-order valence-electron chi connectivity index (χ4n) is 5.53. The number of carboxylic acid groups (broad SMARTS) is 1. The Hall–Kier alpha value is -6.31. The lowest BCUT2D eigenvalue weighted by Gasteiger charge is -2.24. The monoisotopic (exact) mass is 650 g/mol. The summed E-state index contributed by atoms with van der Waals surface area (Å²) >= 11 is 0. The molecule has 0 aliphatic carbocycles. The highest BCUT2D eigenvalue weighted by atomic mass is 16.5. The van der Waals surface area contributed by atoms with Crippen LogP contribution in [0.15, 0.2) is 94.7 Å². The normalized spacial score (nSPS) is 14.9. The van der Waals surface area contributed by atoms with Gasteiger partial charge in [0.25, 0.3) is 5.91 Å². The van der Waals surface area contributed by atoms with Gasteiger partial charge >= 0.3 is 11.9 Å². The maximum atomic E-state index is 14.2. The smallest absolute Gasteiger partial charge is 0.326 e. The second kappa shape index (κ2) is 13.6. The van der Waals surface area contributed by atoms with E-state index in [1.54, 1.807) is 42.5 Å². The Balaban J connectivity index is 1.32. The lowest BCUT2D eigenvalue weighted by molar-refractivity contribution is -0.141. The van der Waals surface area contributed by atoms with E-state index in [0.29, 0.717) is 44.8 Å². The van der Waals surface area contributed by atoms with Crippen LogP contribution >= 0.6 is 0 Å². The summed E-state index contributed by atoms with van der Waals surface area (Å²) in [6.45, 7) is -0.409. The van der Waals surface area contributed by atoms with Crippen molar-refractivity contribution in [3.8, 4) is 5.75 Å². The molecular weight excluding hydrogens is 620 g/mol. The summed E-state index contributed by atoms with van der Waals surface area (Å²) in [5.74, 6) is -2.55. The predicted molar refractivity (Wildman–Crippen MR) is 172 cm³/mol. The highest BCUT2D eigenvalue weighted by molar-refractivity contribution is 6.20. The Morgan fingerprint density at radius 3 is 2.56 bits per heavy atom. The molecule has 2 N–H and O–H groups in total. The molecule has 5 aromatic rings. The van der Waals surface area contributed by atoms with Gasteiger partial charge in [-0.25, -0.2) is 14.5 Å². The predicted octanol–water partition coefficient (Wildman–Crippen LogP) is 2.94. The van der Waals surface area contributed by atoms with E-state index in [9.17, 15) is 24.3 Å². The Kier molecular flexibility index (Phi) is 8.96. The Morgan fingerprint density at radius 1 is 1.04 bits per heavy atom. The van der Waals surface area contributed by atoms with Crippen molar-refractivity contribution in [2.45, 2.75) is 25.0 Å². The molecule has 2 atom stereocenters. The van der Waals surface area contributed by atoms with Gasteiger partial charge in [0, 0.05) is 34.6 Å². The highest BCUT2D eigenvalue weighted by Gasteiger charge is 2.36. The van der Waals surface area contributed by atoms with Gasteiger partial charge < -0.3 is 24.3 Å². The third-order valence-electron chi connectivity index (χ3n) is 7.89. The van der Waals surface area contributed by atoms with Crippen molar-refractivity contribution in [2.24, 2.45) is 4.99 Å². The number of benzene rings is 3. The second-order valence-electron chi connectivity index (χ2n) is 10.9. The van der Waals surface area contributed by atoms with Gasteiger partial charge in [-0.2, -0.15) is 0 Å². The van der Waals surface area contributed by atoms with Crippen LogP contribution in [0.4, 0.5) is 5.69 Å². The summed E-state index contributed by atoms with van der Waals surface area (Å²) in [5, 5.41) is 21.4. The van der Waals surface area contributed by atoms with Crippen LogP contribution in [0.25, 0.3) is 11.0 Å². The number of benzodiazepines with no additional fused rings is 1. The van der Waals surface area contributed by atoms with Gasteiger partial charge in [-0.3, -0.25) is 19.3 Å². The molecule has 1 aliphatic rings. The largest absolute Gasteiger partial charge is 0.497 e. The number of hydrogen-bond donors (Lipinski definition) is 2. The fraction of sp³-hybridized carbons (Fsp3) is 0.206. The summed E-state index contributed by atoms with van der Waals surface area (Å²) in [6.07, 6.45) is 0.951. The first-order valence-electron chi connectivity index (χ1n) is 14.8. The SMILES string of the molecule is COC(=O)CN1C(=O)C(n2nncc2C[C@@H](NC(=O)Cc2coc3cc(OC)ccc23)C(=O)O)N=C(c2ccccc2)c2ccccc21. The van der Waals surface area contributed by atoms with Gasteiger partial charge in [0.1, 0.15) is 23.9 Å². The number of amides is 2. The minimum atomic E-state index is -1.41. The summed E-state index contributed by atoms with van der Waals surface area (Å²) in [7, 11) is 2.76. The summed E-state index contributed by atoms with van der Waals surface area (Å²) in [5.41, 5.74) is 3.47. The van der Waals surface area contributed by atoms with E-state index in [4.69, 9.17) is 18.9 Å². The number of ether oxygens (including phenoxy) is 2. The van der Waals surface area contributed by atoms with Crippen LogP contribution in [0, 0.1) is 0 Å². The zero-order valence-corrected chi connectivity index (χ0v) is 25.9. The maximum absolute atomic E-state index is 14.2. The van der Waals surface area contributed by atoms with E-state index in [1.165, 1.54) is 36.3 Å². The molecule has 3 aromatic carbocycles. The van der Waals surface area contributed by atoms with Crippen LogP contribution in [0.5, 0.6) is 5.75 Å². The number of esters is 1. The molecule has 48 heavy (non-hydrogen) atoms. The summed E-state index contributed by atoms with van der Waals surface area (Å²) in [6, 6.07) is 20.0. The van der Waals surface area contributed by atoms with Gasteiger partial charge in [-0.15, -0.1) is 5.10 Å². The molecule has 0 saturated carbocycles. The van der Waals surface area contributed by atoms with Crippen LogP contribution in [0.3, 0.4) is 0 Å². The highest BCUT2D eigenvalue weighted by Crippen LogP contribution is 2.32. The van der Waals surface area contributed by atoms with E-state index in [0.717, 1.165) is 0 Å². The third-order valence-corrected chi connectivity index (χ3v) is 7.89. The molecule has 6 rings (SSSR count). The molecule has 0 radical (unpaired) electrons. The van der Waals surface area contributed by atoms with Gasteiger partial charge in [0.05, 0.1) is 50.2 Å². The van der Waals surface area contributed by atoms with Gasteiger partial charge in [0.15, 0.2) is 0 Å². The van der Waals surface area contributed by atoms with Gasteiger partial charge in [0.2, 0.25) is 12.1 Å². The van der Waals surface area contributed by atoms with Crippen LogP contribution in [-0.4, -0.2) is 76.4 Å². The molecule has 244 valence electrons. The van der Waals surface area contributed by atoms with Crippen molar-refractivity contribution in [1.82, 2.24) is 20.3 Å². The lowest BCUT2D eigenvalue weighted by atomic mass is 10.0. The number of methoxy groups -OCH3 is 2. The zero-order chi connectivity index (χ0) is 33.8. The number of fused-ring (bicyclic) bond motifs is 2. The number of para-hydroxylation sites is 1. The number of rotatable bonds is 11. The lowest BCUT2D eigenvalue weighted by Crippen LogP contribution is -2.44. The van der Waals surface area contributed by atoms with Gasteiger partial charge in [-0.1, -0.05) is 53.7 Å². The first kappa shape index (κ1) is 31.7. The van der Waals surface area contributed by atoms with Crippen LogP contribution in [0.2, 0.25) is 0 Å². The van der Waals surface area contributed by atoms with Crippen LogP contribution in [-0.2, 0) is 36.8 Å². The molecule has 0 bridgehead atoms. The van der Waals surface area contributed by atoms with E-state index in [2.05, 4.69) is 15.6 Å². The molecule has 3 heterocycles. The number of carboxylic acids is 1. The number of anilines is 1. The molecule has 0 spiro atoms. The Morgan fingerprint density at radius 2 is 1.81 bits per heavy atom. The number of furan rings is 1. The van der Waals surface area contributed by atoms with E-state index in [-0.39, 0.29) is 18.5 Å². The molecule has 14 nitrogen and oxygen atoms in total. The number of aliphatic imine (C=N–C) groups is 1. The quantitative estimate of drug-likeness (QED) is 0.202. The molecule has 1 unspecified atom stereocenters.